The maximum Gasteiger partial charge on any atom is 0.326 e. The van der Waals surface area contributed by atoms with Gasteiger partial charge in [0.25, 0.3) is 5.91 Å². The van der Waals surface area contributed by atoms with Crippen molar-refractivity contribution in [2.45, 2.75) is 11.4 Å². The predicted octanol–water partition coefficient (Wildman–Crippen LogP) is 4.85. The normalized spacial score (nSPS) is 12.7. The van der Waals surface area contributed by atoms with E-state index in [9.17, 15) is 9.59 Å². The number of benzene rings is 2. The molecule has 0 unspecified atom stereocenters. The van der Waals surface area contributed by atoms with Gasteiger partial charge in [0.2, 0.25) is 0 Å². The lowest BCUT2D eigenvalue weighted by atomic mass is 10.1. The zero-order chi connectivity index (χ0) is 21.6. The van der Waals surface area contributed by atoms with Gasteiger partial charge in [-0.15, -0.1) is 11.8 Å². The van der Waals surface area contributed by atoms with E-state index in [-0.39, 0.29) is 11.9 Å². The van der Waals surface area contributed by atoms with Crippen LogP contribution in [0, 0.1) is 0 Å². The molecule has 0 bridgehead atoms. The summed E-state index contributed by atoms with van der Waals surface area (Å²) in [6.45, 7) is 1.10. The summed E-state index contributed by atoms with van der Waals surface area (Å²) >= 11 is 7.53. The Kier molecular flexibility index (Phi) is 6.74. The van der Waals surface area contributed by atoms with Crippen LogP contribution in [-0.4, -0.2) is 35.8 Å². The molecule has 2 aromatic carbocycles. The van der Waals surface area contributed by atoms with Gasteiger partial charge in [0, 0.05) is 41.3 Å². The highest BCUT2D eigenvalue weighted by atomic mass is 35.5. The Morgan fingerprint density at radius 1 is 1.10 bits per heavy atom. The fourth-order valence-corrected chi connectivity index (χ4v) is 4.32. The second-order valence-electron chi connectivity index (χ2n) is 6.97. The van der Waals surface area contributed by atoms with Crippen molar-refractivity contribution in [3.63, 3.8) is 0 Å². The summed E-state index contributed by atoms with van der Waals surface area (Å²) in [7, 11) is 0. The van der Waals surface area contributed by atoms with E-state index in [1.807, 2.05) is 36.4 Å². The molecule has 0 saturated carbocycles. The molecule has 2 heterocycles. The van der Waals surface area contributed by atoms with Gasteiger partial charge >= 0.3 is 6.03 Å². The van der Waals surface area contributed by atoms with E-state index in [0.29, 0.717) is 35.8 Å². The van der Waals surface area contributed by atoms with Crippen molar-refractivity contribution >= 4 is 46.7 Å². The molecular weight excluding hydrogens is 432 g/mol. The van der Waals surface area contributed by atoms with Crippen LogP contribution in [0.5, 0.6) is 0 Å². The summed E-state index contributed by atoms with van der Waals surface area (Å²) in [5, 5.41) is 7.34. The molecule has 31 heavy (non-hydrogen) atoms. The van der Waals surface area contributed by atoms with Gasteiger partial charge in [-0.25, -0.2) is 9.78 Å². The summed E-state index contributed by atoms with van der Waals surface area (Å²) in [4.78, 5) is 31.4. The molecule has 0 fully saturated rings. The van der Waals surface area contributed by atoms with Crippen LogP contribution in [0.2, 0.25) is 5.02 Å². The quantitative estimate of drug-likeness (QED) is 0.580. The third-order valence-corrected chi connectivity index (χ3v) is 6.06. The second-order valence-corrected chi connectivity index (χ2v) is 8.49. The van der Waals surface area contributed by atoms with Crippen LogP contribution < -0.4 is 15.5 Å². The highest BCUT2D eigenvalue weighted by Gasteiger charge is 2.23. The zero-order valence-electron chi connectivity index (χ0n) is 16.7. The van der Waals surface area contributed by atoms with Crippen LogP contribution in [0.25, 0.3) is 0 Å². The molecule has 1 aliphatic rings. The largest absolute Gasteiger partial charge is 0.352 e. The number of hydrogen-bond acceptors (Lipinski definition) is 4. The van der Waals surface area contributed by atoms with Gasteiger partial charge in [0.05, 0.1) is 5.69 Å². The Hall–Kier alpha value is -3.03. The van der Waals surface area contributed by atoms with E-state index in [1.54, 1.807) is 47.1 Å². The Balaban J connectivity index is 1.36. The van der Waals surface area contributed by atoms with Gasteiger partial charge in [-0.3, -0.25) is 9.69 Å². The molecule has 3 aromatic rings. The van der Waals surface area contributed by atoms with Gasteiger partial charge in [-0.1, -0.05) is 29.8 Å². The maximum absolute atomic E-state index is 12.8. The van der Waals surface area contributed by atoms with Crippen LogP contribution in [0.4, 0.5) is 16.2 Å². The first-order chi connectivity index (χ1) is 15.1. The highest BCUT2D eigenvalue weighted by molar-refractivity contribution is 7.99. The number of nitrogens with zero attached hydrogens (tertiary/aromatic N) is 2. The number of pyridine rings is 1. The molecule has 0 spiro atoms. The molecule has 3 amide bonds. The summed E-state index contributed by atoms with van der Waals surface area (Å²) in [5.74, 6) is 0.599. The standard InChI is InChI=1S/C23H21ClN4O2S/c24-18-8-6-16(7-9-18)10-12-25-21(29)17-3-1-4-19(15-17)27-23(30)28-13-14-31-22-20(28)5-2-11-26-22/h1-9,11,15H,10,12-14H2,(H,25,29)(H,27,30). The molecule has 8 heteroatoms. The van der Waals surface area contributed by atoms with Crippen molar-refractivity contribution in [2.75, 3.05) is 29.1 Å². The first-order valence-corrected chi connectivity index (χ1v) is 11.3. The minimum atomic E-state index is -0.241. The van der Waals surface area contributed by atoms with Crippen LogP contribution in [-0.2, 0) is 6.42 Å². The number of aromatic nitrogens is 1. The van der Waals surface area contributed by atoms with Crippen molar-refractivity contribution in [1.82, 2.24) is 10.3 Å². The Morgan fingerprint density at radius 2 is 1.94 bits per heavy atom. The zero-order valence-corrected chi connectivity index (χ0v) is 18.2. The van der Waals surface area contributed by atoms with Crippen LogP contribution >= 0.6 is 23.4 Å². The van der Waals surface area contributed by atoms with Gasteiger partial charge in [-0.2, -0.15) is 0 Å². The fraction of sp³-hybridized carbons (Fsp3) is 0.174. The number of thioether (sulfide) groups is 1. The Bertz CT molecular complexity index is 1090. The fourth-order valence-electron chi connectivity index (χ4n) is 3.27. The molecule has 0 aliphatic carbocycles. The van der Waals surface area contributed by atoms with Crippen molar-refractivity contribution in [2.24, 2.45) is 0 Å². The number of fused-ring (bicyclic) bond motifs is 1. The average Bonchev–Trinajstić information content (AvgIpc) is 2.80. The van der Waals surface area contributed by atoms with Crippen LogP contribution in [0.3, 0.4) is 0 Å². The third-order valence-electron chi connectivity index (χ3n) is 4.83. The monoisotopic (exact) mass is 452 g/mol. The highest BCUT2D eigenvalue weighted by Crippen LogP contribution is 2.32. The molecule has 158 valence electrons. The van der Waals surface area contributed by atoms with Crippen molar-refractivity contribution in [3.8, 4) is 0 Å². The number of rotatable bonds is 5. The van der Waals surface area contributed by atoms with E-state index in [1.165, 1.54) is 0 Å². The minimum Gasteiger partial charge on any atom is -0.352 e. The van der Waals surface area contributed by atoms with E-state index < -0.39 is 0 Å². The number of hydrogen-bond donors (Lipinski definition) is 2. The Labute approximate surface area is 190 Å². The topological polar surface area (TPSA) is 74.3 Å². The number of nitrogens with one attached hydrogen (secondary N) is 2. The molecule has 0 radical (unpaired) electrons. The molecule has 2 N–H and O–H groups in total. The minimum absolute atomic E-state index is 0.186. The van der Waals surface area contributed by atoms with Gasteiger partial charge in [-0.05, 0) is 54.4 Å². The number of anilines is 2. The summed E-state index contributed by atoms with van der Waals surface area (Å²) in [6, 6.07) is 17.9. The first kappa shape index (κ1) is 21.2. The molecule has 1 aliphatic heterocycles. The third kappa shape index (κ3) is 5.37. The second kappa shape index (κ2) is 9.85. The number of carbonyl (C=O) groups excluding carboxylic acids is 2. The smallest absolute Gasteiger partial charge is 0.326 e. The van der Waals surface area contributed by atoms with Crippen LogP contribution in [0.15, 0.2) is 71.9 Å². The Morgan fingerprint density at radius 3 is 2.77 bits per heavy atom. The van der Waals surface area contributed by atoms with Gasteiger partial charge in [0.1, 0.15) is 5.03 Å². The van der Waals surface area contributed by atoms with E-state index in [4.69, 9.17) is 11.6 Å². The lowest BCUT2D eigenvalue weighted by molar-refractivity contribution is 0.0954. The maximum atomic E-state index is 12.8. The van der Waals surface area contributed by atoms with Gasteiger partial charge < -0.3 is 10.6 Å². The van der Waals surface area contributed by atoms with Crippen molar-refractivity contribution in [3.05, 3.63) is 83.0 Å². The predicted molar refractivity (Wildman–Crippen MR) is 125 cm³/mol. The number of urea groups is 1. The van der Waals surface area contributed by atoms with E-state index in [0.717, 1.165) is 22.0 Å². The lowest BCUT2D eigenvalue weighted by Gasteiger charge is -2.28. The lowest BCUT2D eigenvalue weighted by Crippen LogP contribution is -2.39. The van der Waals surface area contributed by atoms with Gasteiger partial charge in [0.15, 0.2) is 0 Å². The molecular formula is C23H21ClN4O2S. The number of carbonyl (C=O) groups is 2. The van der Waals surface area contributed by atoms with Crippen molar-refractivity contribution < 1.29 is 9.59 Å². The molecule has 6 nitrogen and oxygen atoms in total. The number of halogens is 1. The van der Waals surface area contributed by atoms with E-state index >= 15 is 0 Å². The van der Waals surface area contributed by atoms with Crippen LogP contribution in [0.1, 0.15) is 15.9 Å². The SMILES string of the molecule is O=C(NCCc1ccc(Cl)cc1)c1cccc(NC(=O)N2CCSc3ncccc32)c1. The van der Waals surface area contributed by atoms with E-state index in [2.05, 4.69) is 15.6 Å². The molecule has 0 saturated heterocycles. The number of amides is 3. The molecule has 4 rings (SSSR count). The summed E-state index contributed by atoms with van der Waals surface area (Å²) < 4.78 is 0. The van der Waals surface area contributed by atoms with Crippen molar-refractivity contribution in [1.29, 1.82) is 0 Å². The molecule has 1 aromatic heterocycles. The first-order valence-electron chi connectivity index (χ1n) is 9.89. The summed E-state index contributed by atoms with van der Waals surface area (Å²) in [5.41, 5.74) is 2.96. The average molecular weight is 453 g/mol. The summed E-state index contributed by atoms with van der Waals surface area (Å²) in [6.07, 6.45) is 2.43. The molecule has 0 atom stereocenters.